The number of nitrogens with one attached hydrogen (secondary N) is 2. The zero-order valence-corrected chi connectivity index (χ0v) is 15.3. The second kappa shape index (κ2) is 10.2. The number of likely N-dealkylation sites (N-methyl/N-ethyl adjacent to an activating group) is 1. The summed E-state index contributed by atoms with van der Waals surface area (Å²) in [5.74, 6) is 1.70. The molecule has 0 spiro atoms. The predicted octanol–water partition coefficient (Wildman–Crippen LogP) is 2.49. The third-order valence-corrected chi connectivity index (χ3v) is 4.42. The summed E-state index contributed by atoms with van der Waals surface area (Å²) in [6.45, 7) is 5.69. The number of ether oxygens (including phenoxy) is 1. The number of para-hydroxylation sites is 1. The molecular formula is C19H32N4O. The Labute approximate surface area is 146 Å². The van der Waals surface area contributed by atoms with Crippen molar-refractivity contribution in [1.29, 1.82) is 0 Å². The second-order valence-corrected chi connectivity index (χ2v) is 6.55. The van der Waals surface area contributed by atoms with E-state index in [-0.39, 0.29) is 0 Å². The first-order valence-electron chi connectivity index (χ1n) is 9.01. The molecule has 5 nitrogen and oxygen atoms in total. The Hall–Kier alpha value is -1.75. The maximum atomic E-state index is 5.64. The highest BCUT2D eigenvalue weighted by atomic mass is 16.5. The van der Waals surface area contributed by atoms with Crippen molar-refractivity contribution >= 4 is 11.6 Å². The molecule has 1 unspecified atom stereocenters. The van der Waals surface area contributed by atoms with E-state index in [0.29, 0.717) is 6.04 Å². The zero-order valence-electron chi connectivity index (χ0n) is 15.3. The molecule has 1 aliphatic rings. The van der Waals surface area contributed by atoms with Crippen molar-refractivity contribution in [2.24, 2.45) is 10.9 Å². The number of rotatable bonds is 10. The number of benzene rings is 1. The average molecular weight is 332 g/mol. The van der Waals surface area contributed by atoms with Crippen LogP contribution in [0.1, 0.15) is 26.2 Å². The van der Waals surface area contributed by atoms with Crippen molar-refractivity contribution in [3.05, 3.63) is 30.3 Å². The maximum Gasteiger partial charge on any atom is 0.191 e. The minimum absolute atomic E-state index is 0.368. The second-order valence-electron chi connectivity index (χ2n) is 6.55. The molecule has 1 aromatic rings. The van der Waals surface area contributed by atoms with E-state index in [4.69, 9.17) is 4.74 Å². The fraction of sp³-hybridized carbons (Fsp3) is 0.632. The largest absolute Gasteiger partial charge is 0.381 e. The quantitative estimate of drug-likeness (QED) is 0.393. The lowest BCUT2D eigenvalue weighted by Gasteiger charge is -2.27. The van der Waals surface area contributed by atoms with Gasteiger partial charge in [-0.3, -0.25) is 4.99 Å². The topological polar surface area (TPSA) is 48.9 Å². The number of anilines is 1. The van der Waals surface area contributed by atoms with E-state index >= 15 is 0 Å². The van der Waals surface area contributed by atoms with Gasteiger partial charge in [0.25, 0.3) is 0 Å². The Morgan fingerprint density at radius 3 is 2.71 bits per heavy atom. The molecule has 1 aliphatic carbocycles. The fourth-order valence-electron chi connectivity index (χ4n) is 2.44. The molecule has 0 saturated heterocycles. The van der Waals surface area contributed by atoms with Crippen LogP contribution in [0.5, 0.6) is 0 Å². The molecule has 24 heavy (non-hydrogen) atoms. The van der Waals surface area contributed by atoms with Crippen LogP contribution in [0.25, 0.3) is 0 Å². The van der Waals surface area contributed by atoms with Crippen LogP contribution in [0.2, 0.25) is 0 Å². The average Bonchev–Trinajstić information content (AvgIpc) is 3.44. The monoisotopic (exact) mass is 332 g/mol. The van der Waals surface area contributed by atoms with Crippen molar-refractivity contribution in [2.45, 2.75) is 32.2 Å². The minimum atomic E-state index is 0.368. The molecule has 2 N–H and O–H groups in total. The Bertz CT molecular complexity index is 487. The van der Waals surface area contributed by atoms with E-state index in [2.05, 4.69) is 58.8 Å². The van der Waals surface area contributed by atoms with Crippen molar-refractivity contribution in [3.8, 4) is 0 Å². The highest BCUT2D eigenvalue weighted by Gasteiger charge is 2.20. The van der Waals surface area contributed by atoms with Gasteiger partial charge in [-0.1, -0.05) is 18.2 Å². The molecule has 0 amide bonds. The van der Waals surface area contributed by atoms with Gasteiger partial charge in [-0.25, -0.2) is 0 Å². The third-order valence-electron chi connectivity index (χ3n) is 4.42. The Morgan fingerprint density at radius 2 is 2.04 bits per heavy atom. The van der Waals surface area contributed by atoms with Crippen LogP contribution in [-0.4, -0.2) is 52.4 Å². The lowest BCUT2D eigenvalue weighted by atomic mass is 10.2. The van der Waals surface area contributed by atoms with Gasteiger partial charge in [-0.2, -0.15) is 0 Å². The molecule has 5 heteroatoms. The summed E-state index contributed by atoms with van der Waals surface area (Å²) < 4.78 is 5.64. The van der Waals surface area contributed by atoms with E-state index in [0.717, 1.165) is 44.6 Å². The number of aliphatic imine (C=N–C) groups is 1. The Balaban J connectivity index is 1.59. The summed E-state index contributed by atoms with van der Waals surface area (Å²) in [4.78, 5) is 6.55. The Kier molecular flexibility index (Phi) is 7.89. The number of nitrogens with zero attached hydrogens (tertiary/aromatic N) is 2. The van der Waals surface area contributed by atoms with E-state index < -0.39 is 0 Å². The van der Waals surface area contributed by atoms with E-state index in [9.17, 15) is 0 Å². The van der Waals surface area contributed by atoms with E-state index in [1.807, 2.05) is 13.1 Å². The van der Waals surface area contributed by atoms with Gasteiger partial charge in [0, 0.05) is 52.1 Å². The zero-order chi connectivity index (χ0) is 17.2. The summed E-state index contributed by atoms with van der Waals surface area (Å²) in [5, 5.41) is 6.74. The molecule has 2 rings (SSSR count). The lowest BCUT2D eigenvalue weighted by Crippen LogP contribution is -2.45. The van der Waals surface area contributed by atoms with Gasteiger partial charge < -0.3 is 20.3 Å². The van der Waals surface area contributed by atoms with Gasteiger partial charge >= 0.3 is 0 Å². The molecule has 0 heterocycles. The van der Waals surface area contributed by atoms with Crippen molar-refractivity contribution < 1.29 is 4.74 Å². The van der Waals surface area contributed by atoms with Gasteiger partial charge in [0.15, 0.2) is 5.96 Å². The van der Waals surface area contributed by atoms with Gasteiger partial charge in [-0.15, -0.1) is 0 Å². The SMILES string of the molecule is CN=C(NCCCOCC1CC1)NCC(C)N(C)c1ccccc1. The summed E-state index contributed by atoms with van der Waals surface area (Å²) in [6, 6.07) is 10.8. The van der Waals surface area contributed by atoms with Crippen molar-refractivity contribution in [2.75, 3.05) is 45.3 Å². The lowest BCUT2D eigenvalue weighted by molar-refractivity contribution is 0.123. The smallest absolute Gasteiger partial charge is 0.191 e. The third kappa shape index (κ3) is 6.79. The molecule has 1 fully saturated rings. The number of guanidine groups is 1. The number of hydrogen-bond donors (Lipinski definition) is 2. The molecule has 0 radical (unpaired) electrons. The summed E-state index contributed by atoms with van der Waals surface area (Å²) in [5.41, 5.74) is 1.22. The van der Waals surface area contributed by atoms with E-state index in [1.165, 1.54) is 18.5 Å². The molecule has 134 valence electrons. The highest BCUT2D eigenvalue weighted by Crippen LogP contribution is 2.28. The molecule has 1 atom stereocenters. The molecule has 1 saturated carbocycles. The van der Waals surface area contributed by atoms with Crippen LogP contribution in [0.15, 0.2) is 35.3 Å². The van der Waals surface area contributed by atoms with Crippen LogP contribution in [0.4, 0.5) is 5.69 Å². The fourth-order valence-corrected chi connectivity index (χ4v) is 2.44. The first kappa shape index (κ1) is 18.6. The van der Waals surface area contributed by atoms with Crippen LogP contribution < -0.4 is 15.5 Å². The van der Waals surface area contributed by atoms with Crippen molar-refractivity contribution in [3.63, 3.8) is 0 Å². The predicted molar refractivity (Wildman–Crippen MR) is 102 cm³/mol. The van der Waals surface area contributed by atoms with E-state index in [1.54, 1.807) is 0 Å². The van der Waals surface area contributed by atoms with Crippen LogP contribution in [-0.2, 0) is 4.74 Å². The molecule has 0 bridgehead atoms. The summed E-state index contributed by atoms with van der Waals surface area (Å²) in [6.07, 6.45) is 3.71. The maximum absolute atomic E-state index is 5.64. The first-order chi connectivity index (χ1) is 11.7. The summed E-state index contributed by atoms with van der Waals surface area (Å²) in [7, 11) is 3.93. The Morgan fingerprint density at radius 1 is 1.29 bits per heavy atom. The van der Waals surface area contributed by atoms with Crippen LogP contribution in [0.3, 0.4) is 0 Å². The van der Waals surface area contributed by atoms with Gasteiger partial charge in [0.2, 0.25) is 0 Å². The molecule has 1 aromatic carbocycles. The summed E-state index contributed by atoms with van der Waals surface area (Å²) >= 11 is 0. The van der Waals surface area contributed by atoms with Crippen LogP contribution >= 0.6 is 0 Å². The molecular weight excluding hydrogens is 300 g/mol. The number of hydrogen-bond acceptors (Lipinski definition) is 3. The normalized spacial score (nSPS) is 15.9. The molecule has 0 aliphatic heterocycles. The molecule has 0 aromatic heterocycles. The first-order valence-corrected chi connectivity index (χ1v) is 9.01. The highest BCUT2D eigenvalue weighted by molar-refractivity contribution is 5.79. The standard InChI is InChI=1S/C19H32N4O/c1-16(23(3)18-8-5-4-6-9-18)14-22-19(20-2)21-12-7-13-24-15-17-10-11-17/h4-6,8-9,16-17H,7,10-15H2,1-3H3,(H2,20,21,22). The van der Waals surface area contributed by atoms with Crippen molar-refractivity contribution in [1.82, 2.24) is 10.6 Å². The van der Waals surface area contributed by atoms with Gasteiger partial charge in [0.05, 0.1) is 0 Å². The van der Waals surface area contributed by atoms with Gasteiger partial charge in [0.1, 0.15) is 0 Å². The van der Waals surface area contributed by atoms with Gasteiger partial charge in [-0.05, 0) is 44.2 Å². The van der Waals surface area contributed by atoms with Crippen LogP contribution in [0, 0.1) is 5.92 Å². The minimum Gasteiger partial charge on any atom is -0.381 e.